The zero-order valence-electron chi connectivity index (χ0n) is 18.3. The molecule has 1 saturated carbocycles. The predicted molar refractivity (Wildman–Crippen MR) is 117 cm³/mol. The lowest BCUT2D eigenvalue weighted by Gasteiger charge is -2.36. The number of aliphatic imine (C=N–C) groups is 1. The minimum Gasteiger partial charge on any atom is -0.378 e. The number of guanidine groups is 1. The van der Waals surface area contributed by atoms with Crippen molar-refractivity contribution in [3.63, 3.8) is 0 Å². The Labute approximate surface area is 176 Å². The number of nitrogens with zero attached hydrogens (tertiary/aromatic N) is 4. The zero-order valence-corrected chi connectivity index (χ0v) is 19.2. The summed E-state index contributed by atoms with van der Waals surface area (Å²) in [5, 5.41) is 3.40. The van der Waals surface area contributed by atoms with Crippen molar-refractivity contribution in [1.82, 2.24) is 19.4 Å². The summed E-state index contributed by atoms with van der Waals surface area (Å²) in [5.74, 6) is 1.63. The first-order valence-electron chi connectivity index (χ1n) is 11.3. The lowest BCUT2D eigenvalue weighted by Crippen LogP contribution is -2.54. The highest BCUT2D eigenvalue weighted by Crippen LogP contribution is 2.31. The minimum absolute atomic E-state index is 0.0529. The lowest BCUT2D eigenvalue weighted by atomic mass is 10.1. The van der Waals surface area contributed by atoms with Crippen LogP contribution in [0.1, 0.15) is 40.0 Å². The molecule has 0 amide bonds. The summed E-state index contributed by atoms with van der Waals surface area (Å²) in [7, 11) is -3.26. The molecule has 0 spiro atoms. The van der Waals surface area contributed by atoms with E-state index in [-0.39, 0.29) is 18.5 Å². The first kappa shape index (κ1) is 22.8. The van der Waals surface area contributed by atoms with Crippen LogP contribution in [0, 0.1) is 5.92 Å². The number of piperazine rings is 1. The van der Waals surface area contributed by atoms with Gasteiger partial charge in [0.05, 0.1) is 18.5 Å². The second-order valence-corrected chi connectivity index (χ2v) is 10.8. The molecule has 0 aromatic heterocycles. The van der Waals surface area contributed by atoms with Gasteiger partial charge in [-0.25, -0.2) is 8.42 Å². The van der Waals surface area contributed by atoms with Crippen molar-refractivity contribution in [2.75, 3.05) is 64.7 Å². The second-order valence-electron chi connectivity index (χ2n) is 8.70. The fourth-order valence-corrected chi connectivity index (χ4v) is 5.41. The van der Waals surface area contributed by atoms with Crippen LogP contribution in [-0.2, 0) is 14.8 Å². The van der Waals surface area contributed by atoms with Gasteiger partial charge in [0.25, 0.3) is 0 Å². The van der Waals surface area contributed by atoms with Gasteiger partial charge in [-0.15, -0.1) is 0 Å². The highest BCUT2D eigenvalue weighted by Gasteiger charge is 2.34. The van der Waals surface area contributed by atoms with E-state index in [1.54, 1.807) is 4.31 Å². The third-order valence-corrected chi connectivity index (χ3v) is 7.77. The summed E-state index contributed by atoms with van der Waals surface area (Å²) in [4.78, 5) is 9.73. The van der Waals surface area contributed by atoms with Crippen molar-refractivity contribution in [2.24, 2.45) is 10.9 Å². The quantitative estimate of drug-likeness (QED) is 0.432. The van der Waals surface area contributed by atoms with Gasteiger partial charge in [-0.1, -0.05) is 0 Å². The molecule has 3 aliphatic rings. The molecule has 1 N–H and O–H groups in total. The SMILES string of the molecule is CCNC(=NCC1CCN(C2CC2)C1)N1CCN(S(=O)(=O)CCOC(C)C)CC1. The van der Waals surface area contributed by atoms with Gasteiger partial charge in [-0.2, -0.15) is 4.31 Å². The molecule has 3 fully saturated rings. The van der Waals surface area contributed by atoms with Crippen LogP contribution in [0.4, 0.5) is 0 Å². The number of ether oxygens (including phenoxy) is 1. The van der Waals surface area contributed by atoms with E-state index in [4.69, 9.17) is 9.73 Å². The van der Waals surface area contributed by atoms with E-state index in [1.165, 1.54) is 32.4 Å². The number of hydrogen-bond acceptors (Lipinski definition) is 5. The second kappa shape index (κ2) is 10.4. The summed E-state index contributed by atoms with van der Waals surface area (Å²) in [6.07, 6.45) is 4.03. The van der Waals surface area contributed by atoms with E-state index in [0.717, 1.165) is 25.1 Å². The van der Waals surface area contributed by atoms with Crippen molar-refractivity contribution in [1.29, 1.82) is 0 Å². The summed E-state index contributed by atoms with van der Waals surface area (Å²) >= 11 is 0. The Hall–Kier alpha value is -0.900. The van der Waals surface area contributed by atoms with E-state index >= 15 is 0 Å². The fourth-order valence-electron chi connectivity index (χ4n) is 4.12. The van der Waals surface area contributed by atoms with Gasteiger partial charge in [-0.3, -0.25) is 4.99 Å². The molecular formula is C20H39N5O3S. The van der Waals surface area contributed by atoms with Gasteiger partial charge in [-0.05, 0) is 52.5 Å². The highest BCUT2D eigenvalue weighted by atomic mass is 32.2. The zero-order chi connectivity index (χ0) is 20.9. The Kier molecular flexibility index (Phi) is 8.18. The number of likely N-dealkylation sites (tertiary alicyclic amines) is 1. The van der Waals surface area contributed by atoms with Crippen LogP contribution >= 0.6 is 0 Å². The van der Waals surface area contributed by atoms with Crippen LogP contribution in [0.3, 0.4) is 0 Å². The topological polar surface area (TPSA) is 77.5 Å². The maximum Gasteiger partial charge on any atom is 0.216 e. The normalized spacial score (nSPS) is 25.2. The standard InChI is InChI=1S/C20H39N5O3S/c1-4-21-20(22-15-18-7-8-24(16-18)19-5-6-19)23-9-11-25(12-10-23)29(26,27)14-13-28-17(2)3/h17-19H,4-16H2,1-3H3,(H,21,22). The van der Waals surface area contributed by atoms with Crippen LogP contribution in [-0.4, -0.2) is 105 Å². The Balaban J connectivity index is 1.47. The molecule has 3 rings (SSSR count). The fraction of sp³-hybridized carbons (Fsp3) is 0.950. The maximum absolute atomic E-state index is 12.5. The van der Waals surface area contributed by atoms with Gasteiger partial charge < -0.3 is 19.9 Å². The van der Waals surface area contributed by atoms with Gasteiger partial charge in [0, 0.05) is 51.9 Å². The Morgan fingerprint density at radius 1 is 1.14 bits per heavy atom. The number of sulfonamides is 1. The van der Waals surface area contributed by atoms with Crippen LogP contribution in [0.25, 0.3) is 0 Å². The average molecular weight is 430 g/mol. The summed E-state index contributed by atoms with van der Waals surface area (Å²) in [5.41, 5.74) is 0. The van der Waals surface area contributed by atoms with Crippen molar-refractivity contribution in [2.45, 2.75) is 52.2 Å². The Bertz CT molecular complexity index is 643. The number of hydrogen-bond donors (Lipinski definition) is 1. The molecule has 8 nitrogen and oxygen atoms in total. The molecule has 2 heterocycles. The molecule has 1 aliphatic carbocycles. The van der Waals surface area contributed by atoms with Gasteiger partial charge in [0.15, 0.2) is 5.96 Å². The molecular weight excluding hydrogens is 390 g/mol. The molecule has 168 valence electrons. The maximum atomic E-state index is 12.5. The summed E-state index contributed by atoms with van der Waals surface area (Å²) < 4.78 is 32.1. The summed E-state index contributed by atoms with van der Waals surface area (Å²) in [6, 6.07) is 0.846. The van der Waals surface area contributed by atoms with Gasteiger partial charge in [0.1, 0.15) is 0 Å². The van der Waals surface area contributed by atoms with E-state index in [0.29, 0.717) is 32.1 Å². The first-order valence-corrected chi connectivity index (χ1v) is 12.9. The predicted octanol–water partition coefficient (Wildman–Crippen LogP) is 0.809. The third kappa shape index (κ3) is 6.80. The van der Waals surface area contributed by atoms with Gasteiger partial charge >= 0.3 is 0 Å². The molecule has 2 aliphatic heterocycles. The monoisotopic (exact) mass is 429 g/mol. The van der Waals surface area contributed by atoms with Crippen LogP contribution in [0.5, 0.6) is 0 Å². The van der Waals surface area contributed by atoms with Crippen LogP contribution < -0.4 is 5.32 Å². The highest BCUT2D eigenvalue weighted by molar-refractivity contribution is 7.89. The van der Waals surface area contributed by atoms with Crippen molar-refractivity contribution >= 4 is 16.0 Å². The number of nitrogens with one attached hydrogen (secondary N) is 1. The van der Waals surface area contributed by atoms with Gasteiger partial charge in [0.2, 0.25) is 10.0 Å². The van der Waals surface area contributed by atoms with Crippen molar-refractivity contribution < 1.29 is 13.2 Å². The van der Waals surface area contributed by atoms with E-state index < -0.39 is 10.0 Å². The molecule has 0 aromatic rings. The van der Waals surface area contributed by atoms with Crippen molar-refractivity contribution in [3.8, 4) is 0 Å². The summed E-state index contributed by atoms with van der Waals surface area (Å²) in [6.45, 7) is 12.6. The van der Waals surface area contributed by atoms with E-state index in [9.17, 15) is 8.42 Å². The smallest absolute Gasteiger partial charge is 0.216 e. The molecule has 29 heavy (non-hydrogen) atoms. The lowest BCUT2D eigenvalue weighted by molar-refractivity contribution is 0.0904. The van der Waals surface area contributed by atoms with Crippen LogP contribution in [0.2, 0.25) is 0 Å². The number of rotatable bonds is 9. The molecule has 1 atom stereocenters. The molecule has 0 aromatic carbocycles. The average Bonchev–Trinajstić information content (AvgIpc) is 3.43. The Morgan fingerprint density at radius 3 is 2.48 bits per heavy atom. The largest absolute Gasteiger partial charge is 0.378 e. The van der Waals surface area contributed by atoms with Crippen molar-refractivity contribution in [3.05, 3.63) is 0 Å². The third-order valence-electron chi connectivity index (χ3n) is 5.94. The minimum atomic E-state index is -3.26. The van der Waals surface area contributed by atoms with E-state index in [2.05, 4.69) is 22.0 Å². The molecule has 2 saturated heterocycles. The van der Waals surface area contributed by atoms with E-state index in [1.807, 2.05) is 13.8 Å². The molecule has 0 bridgehead atoms. The molecule has 0 radical (unpaired) electrons. The first-order chi connectivity index (χ1) is 13.9. The molecule has 9 heteroatoms. The Morgan fingerprint density at radius 2 is 1.86 bits per heavy atom. The van der Waals surface area contributed by atoms with Crippen LogP contribution in [0.15, 0.2) is 4.99 Å². The molecule has 1 unspecified atom stereocenters.